The number of anilines is 1. The van der Waals surface area contributed by atoms with Crippen LogP contribution < -0.4 is 5.32 Å². The Morgan fingerprint density at radius 3 is 3.14 bits per heavy atom. The third-order valence-electron chi connectivity index (χ3n) is 3.97. The van der Waals surface area contributed by atoms with E-state index < -0.39 is 0 Å². The van der Waals surface area contributed by atoms with Gasteiger partial charge in [-0.15, -0.1) is 5.10 Å². The molecule has 2 aromatic rings. The van der Waals surface area contributed by atoms with Crippen LogP contribution >= 0.6 is 0 Å². The minimum atomic E-state index is -0.0125. The molecule has 1 aliphatic rings. The number of hydrogen-bond acceptors (Lipinski definition) is 5. The Labute approximate surface area is 129 Å². The van der Waals surface area contributed by atoms with Crippen LogP contribution in [0.2, 0.25) is 0 Å². The topological polar surface area (TPSA) is 86.8 Å². The summed E-state index contributed by atoms with van der Waals surface area (Å²) in [5, 5.41) is 13.2. The highest BCUT2D eigenvalue weighted by Gasteiger charge is 2.26. The van der Waals surface area contributed by atoms with Gasteiger partial charge in [-0.25, -0.2) is 0 Å². The van der Waals surface area contributed by atoms with Crippen LogP contribution in [0.5, 0.6) is 0 Å². The van der Waals surface area contributed by atoms with E-state index in [9.17, 15) is 4.79 Å². The average molecular weight is 300 g/mol. The maximum Gasteiger partial charge on any atom is 0.230 e. The second-order valence-electron chi connectivity index (χ2n) is 5.68. The van der Waals surface area contributed by atoms with E-state index in [0.29, 0.717) is 11.5 Å². The molecule has 0 radical (unpaired) electrons. The van der Waals surface area contributed by atoms with E-state index in [4.69, 9.17) is 0 Å². The quantitative estimate of drug-likeness (QED) is 0.890. The number of hydrogen-bond donors (Lipinski definition) is 2. The lowest BCUT2D eigenvalue weighted by Gasteiger charge is -2.31. The van der Waals surface area contributed by atoms with Crippen molar-refractivity contribution in [1.29, 1.82) is 0 Å². The van der Waals surface area contributed by atoms with Crippen molar-refractivity contribution in [3.05, 3.63) is 35.8 Å². The number of H-pyrrole nitrogens is 1. The van der Waals surface area contributed by atoms with E-state index in [1.165, 1.54) is 5.56 Å². The SMILES string of the molecule is Cc1n[nH]nc1NC(=O)C1CCCN(Cc2cccnc2)C1. The van der Waals surface area contributed by atoms with Crippen LogP contribution in [0.3, 0.4) is 0 Å². The fourth-order valence-corrected chi connectivity index (χ4v) is 2.78. The number of carbonyl (C=O) groups is 1. The van der Waals surface area contributed by atoms with Gasteiger partial charge in [-0.3, -0.25) is 14.7 Å². The highest BCUT2D eigenvalue weighted by molar-refractivity contribution is 5.92. The van der Waals surface area contributed by atoms with E-state index in [1.807, 2.05) is 19.2 Å². The fraction of sp³-hybridized carbons (Fsp3) is 0.467. The molecule has 1 atom stereocenters. The predicted octanol–water partition coefficient (Wildman–Crippen LogP) is 1.36. The lowest BCUT2D eigenvalue weighted by atomic mass is 9.96. The zero-order chi connectivity index (χ0) is 15.4. The molecule has 2 N–H and O–H groups in total. The molecule has 3 heterocycles. The summed E-state index contributed by atoms with van der Waals surface area (Å²) in [5.74, 6) is 0.531. The summed E-state index contributed by atoms with van der Waals surface area (Å²) in [6.07, 6.45) is 5.58. The summed E-state index contributed by atoms with van der Waals surface area (Å²) in [6.45, 7) is 4.43. The van der Waals surface area contributed by atoms with Crippen molar-refractivity contribution in [2.75, 3.05) is 18.4 Å². The number of aromatic nitrogens is 4. The molecule has 1 fully saturated rings. The standard InChI is InChI=1S/C15H20N6O/c1-11-14(19-20-18-11)17-15(22)13-5-3-7-21(10-13)9-12-4-2-6-16-8-12/h2,4,6,8,13H,3,5,7,9-10H2,1H3,(H2,17,18,19,20,22). The van der Waals surface area contributed by atoms with Gasteiger partial charge in [0.15, 0.2) is 5.82 Å². The van der Waals surface area contributed by atoms with Gasteiger partial charge < -0.3 is 5.32 Å². The first-order valence-electron chi connectivity index (χ1n) is 7.52. The Bertz CT molecular complexity index is 626. The lowest BCUT2D eigenvalue weighted by Crippen LogP contribution is -2.40. The highest BCUT2D eigenvalue weighted by Crippen LogP contribution is 2.20. The van der Waals surface area contributed by atoms with Crippen LogP contribution in [-0.4, -0.2) is 44.3 Å². The molecule has 116 valence electrons. The van der Waals surface area contributed by atoms with Crippen LogP contribution in [-0.2, 0) is 11.3 Å². The van der Waals surface area contributed by atoms with Crippen LogP contribution in [0, 0.1) is 12.8 Å². The van der Waals surface area contributed by atoms with E-state index in [-0.39, 0.29) is 11.8 Å². The van der Waals surface area contributed by atoms with Gasteiger partial charge in [0.1, 0.15) is 5.69 Å². The summed E-state index contributed by atoms with van der Waals surface area (Å²) in [4.78, 5) is 18.8. The minimum Gasteiger partial charge on any atom is -0.307 e. The maximum atomic E-state index is 12.4. The molecule has 7 heteroatoms. The molecular formula is C15H20N6O. The Hall–Kier alpha value is -2.28. The van der Waals surface area contributed by atoms with Gasteiger partial charge in [-0.1, -0.05) is 6.07 Å². The van der Waals surface area contributed by atoms with Gasteiger partial charge in [0.25, 0.3) is 0 Å². The summed E-state index contributed by atoms with van der Waals surface area (Å²) in [7, 11) is 0. The van der Waals surface area contributed by atoms with Gasteiger partial charge in [-0.2, -0.15) is 10.3 Å². The van der Waals surface area contributed by atoms with Crippen LogP contribution in [0.4, 0.5) is 5.82 Å². The normalized spacial score (nSPS) is 19.0. The van der Waals surface area contributed by atoms with Crippen molar-refractivity contribution in [1.82, 2.24) is 25.3 Å². The predicted molar refractivity (Wildman–Crippen MR) is 82.0 cm³/mol. The first-order chi connectivity index (χ1) is 10.7. The molecule has 0 aromatic carbocycles. The van der Waals surface area contributed by atoms with Gasteiger partial charge in [0, 0.05) is 25.5 Å². The fourth-order valence-electron chi connectivity index (χ4n) is 2.78. The third kappa shape index (κ3) is 3.48. The Balaban J connectivity index is 1.58. The van der Waals surface area contributed by atoms with Crippen molar-refractivity contribution < 1.29 is 4.79 Å². The summed E-state index contributed by atoms with van der Waals surface area (Å²) >= 11 is 0. The number of aryl methyl sites for hydroxylation is 1. The Morgan fingerprint density at radius 2 is 2.41 bits per heavy atom. The number of rotatable bonds is 4. The van der Waals surface area contributed by atoms with Crippen molar-refractivity contribution in [3.8, 4) is 0 Å². The molecule has 1 amide bonds. The maximum absolute atomic E-state index is 12.4. The number of nitrogens with one attached hydrogen (secondary N) is 2. The van der Waals surface area contributed by atoms with Crippen molar-refractivity contribution in [3.63, 3.8) is 0 Å². The second kappa shape index (κ2) is 6.65. The smallest absolute Gasteiger partial charge is 0.230 e. The third-order valence-corrected chi connectivity index (χ3v) is 3.97. The number of carbonyl (C=O) groups excluding carboxylic acids is 1. The number of pyridine rings is 1. The Kier molecular flexibility index (Phi) is 4.43. The van der Waals surface area contributed by atoms with E-state index >= 15 is 0 Å². The van der Waals surface area contributed by atoms with Crippen molar-refractivity contribution in [2.24, 2.45) is 5.92 Å². The summed E-state index contributed by atoms with van der Waals surface area (Å²) < 4.78 is 0. The second-order valence-corrected chi connectivity index (χ2v) is 5.68. The minimum absolute atomic E-state index is 0.0125. The first-order valence-corrected chi connectivity index (χ1v) is 7.52. The largest absolute Gasteiger partial charge is 0.307 e. The molecule has 1 aliphatic heterocycles. The van der Waals surface area contributed by atoms with Gasteiger partial charge in [0.2, 0.25) is 5.91 Å². The number of nitrogens with zero attached hydrogens (tertiary/aromatic N) is 4. The molecule has 0 saturated carbocycles. The van der Waals surface area contributed by atoms with E-state index in [2.05, 4.69) is 36.7 Å². The van der Waals surface area contributed by atoms with Gasteiger partial charge >= 0.3 is 0 Å². The van der Waals surface area contributed by atoms with Gasteiger partial charge in [0.05, 0.1) is 5.92 Å². The van der Waals surface area contributed by atoms with Crippen LogP contribution in [0.25, 0.3) is 0 Å². The number of aromatic amines is 1. The van der Waals surface area contributed by atoms with Crippen LogP contribution in [0.1, 0.15) is 24.1 Å². The number of piperidine rings is 1. The molecule has 2 aromatic heterocycles. The van der Waals surface area contributed by atoms with Crippen LogP contribution in [0.15, 0.2) is 24.5 Å². The molecular weight excluding hydrogens is 280 g/mol. The van der Waals surface area contributed by atoms with Crippen molar-refractivity contribution >= 4 is 11.7 Å². The molecule has 22 heavy (non-hydrogen) atoms. The molecule has 7 nitrogen and oxygen atoms in total. The van der Waals surface area contributed by atoms with Gasteiger partial charge in [-0.05, 0) is 37.9 Å². The zero-order valence-electron chi connectivity index (χ0n) is 12.6. The molecule has 1 unspecified atom stereocenters. The van der Waals surface area contributed by atoms with E-state index in [0.717, 1.165) is 32.5 Å². The summed E-state index contributed by atoms with van der Waals surface area (Å²) in [6, 6.07) is 4.01. The average Bonchev–Trinajstić information content (AvgIpc) is 2.94. The monoisotopic (exact) mass is 300 g/mol. The molecule has 3 rings (SSSR count). The molecule has 0 spiro atoms. The number of amides is 1. The molecule has 0 aliphatic carbocycles. The first kappa shape index (κ1) is 14.6. The zero-order valence-corrected chi connectivity index (χ0v) is 12.6. The van der Waals surface area contributed by atoms with Crippen molar-refractivity contribution in [2.45, 2.75) is 26.3 Å². The highest BCUT2D eigenvalue weighted by atomic mass is 16.2. The lowest BCUT2D eigenvalue weighted by molar-refractivity contribution is -0.121. The summed E-state index contributed by atoms with van der Waals surface area (Å²) in [5.41, 5.74) is 1.88. The Morgan fingerprint density at radius 1 is 1.50 bits per heavy atom. The van der Waals surface area contributed by atoms with E-state index in [1.54, 1.807) is 6.20 Å². The molecule has 1 saturated heterocycles. The molecule has 0 bridgehead atoms. The number of likely N-dealkylation sites (tertiary alicyclic amines) is 1.